The highest BCUT2D eigenvalue weighted by Crippen LogP contribution is 2.55. The van der Waals surface area contributed by atoms with Gasteiger partial charge in [0, 0.05) is 17.5 Å². The quantitative estimate of drug-likeness (QED) is 0.654. The summed E-state index contributed by atoms with van der Waals surface area (Å²) in [6.45, 7) is 0. The van der Waals surface area contributed by atoms with E-state index in [1.807, 2.05) is 0 Å². The summed E-state index contributed by atoms with van der Waals surface area (Å²) in [7, 11) is 0. The van der Waals surface area contributed by atoms with Crippen molar-refractivity contribution in [2.24, 2.45) is 11.8 Å². The minimum atomic E-state index is -6.14. The van der Waals surface area contributed by atoms with Gasteiger partial charge in [0.1, 0.15) is 0 Å². The molecule has 0 aliphatic heterocycles. The number of rotatable bonds is 3. The Balaban J connectivity index is 1.56. The molecular formula is C21H22F7NO2. The Bertz CT molecular complexity index is 846. The maximum atomic E-state index is 14.4. The number of nitrogens with one attached hydrogen (secondary N) is 1. The third kappa shape index (κ3) is 3.60. The molecule has 4 rings (SSSR count). The van der Waals surface area contributed by atoms with E-state index in [2.05, 4.69) is 5.32 Å². The maximum Gasteiger partial charge on any atom is 0.435 e. The summed E-state index contributed by atoms with van der Waals surface area (Å²) >= 11 is 0. The Morgan fingerprint density at radius 3 is 2.19 bits per heavy atom. The summed E-state index contributed by atoms with van der Waals surface area (Å²) < 4.78 is 92.9. The van der Waals surface area contributed by atoms with E-state index < -0.39 is 29.7 Å². The van der Waals surface area contributed by atoms with Gasteiger partial charge in [-0.05, 0) is 61.5 Å². The zero-order valence-corrected chi connectivity index (χ0v) is 16.4. The van der Waals surface area contributed by atoms with Gasteiger partial charge in [0.2, 0.25) is 5.91 Å². The second-order valence-electron chi connectivity index (χ2n) is 8.89. The number of benzene rings is 1. The molecule has 1 aromatic carbocycles. The van der Waals surface area contributed by atoms with Crippen LogP contribution in [0, 0.1) is 11.8 Å². The van der Waals surface area contributed by atoms with Gasteiger partial charge in [0.25, 0.3) is 0 Å². The number of alkyl halides is 7. The summed E-state index contributed by atoms with van der Waals surface area (Å²) in [5.74, 6) is -0.641. The van der Waals surface area contributed by atoms with Crippen LogP contribution < -0.4 is 5.32 Å². The molecule has 3 atom stereocenters. The Kier molecular flexibility index (Phi) is 5.30. The third-order valence-corrected chi connectivity index (χ3v) is 7.09. The van der Waals surface area contributed by atoms with E-state index in [9.17, 15) is 40.6 Å². The maximum absolute atomic E-state index is 14.4. The first kappa shape index (κ1) is 22.4. The van der Waals surface area contributed by atoms with E-state index in [4.69, 9.17) is 0 Å². The van der Waals surface area contributed by atoms with Crippen molar-refractivity contribution in [3.8, 4) is 0 Å². The van der Waals surface area contributed by atoms with Crippen LogP contribution in [0.2, 0.25) is 0 Å². The van der Waals surface area contributed by atoms with E-state index in [-0.39, 0.29) is 41.7 Å². The predicted molar refractivity (Wildman–Crippen MR) is 95.8 cm³/mol. The van der Waals surface area contributed by atoms with Gasteiger partial charge in [-0.2, -0.15) is 26.3 Å². The van der Waals surface area contributed by atoms with Crippen molar-refractivity contribution >= 4 is 5.91 Å². The molecule has 0 bridgehead atoms. The number of aryl methyl sites for hydroxylation is 1. The molecule has 0 radical (unpaired) electrons. The molecule has 0 spiro atoms. The van der Waals surface area contributed by atoms with Crippen LogP contribution in [-0.4, -0.2) is 35.5 Å². The molecule has 0 unspecified atom stereocenters. The lowest BCUT2D eigenvalue weighted by Crippen LogP contribution is -2.50. The van der Waals surface area contributed by atoms with E-state index in [1.54, 1.807) is 0 Å². The second kappa shape index (κ2) is 7.35. The van der Waals surface area contributed by atoms with E-state index in [1.165, 1.54) is 0 Å². The largest absolute Gasteiger partial charge is 0.435 e. The lowest BCUT2D eigenvalue weighted by molar-refractivity contribution is -0.348. The smallest absolute Gasteiger partial charge is 0.393 e. The molecule has 2 saturated carbocycles. The molecular weight excluding hydrogens is 431 g/mol. The van der Waals surface area contributed by atoms with Gasteiger partial charge in [-0.15, -0.1) is 0 Å². The zero-order valence-electron chi connectivity index (χ0n) is 16.4. The van der Waals surface area contributed by atoms with Gasteiger partial charge in [-0.1, -0.05) is 18.2 Å². The van der Waals surface area contributed by atoms with Crippen molar-refractivity contribution in [2.75, 3.05) is 0 Å². The van der Waals surface area contributed by atoms with Crippen molar-refractivity contribution in [3.05, 3.63) is 34.9 Å². The average Bonchev–Trinajstić information content (AvgIpc) is 3.08. The molecule has 3 aliphatic rings. The van der Waals surface area contributed by atoms with Crippen LogP contribution >= 0.6 is 0 Å². The topological polar surface area (TPSA) is 49.3 Å². The summed E-state index contributed by atoms with van der Waals surface area (Å²) in [5, 5.41) is 12.3. The average molecular weight is 453 g/mol. The number of aliphatic hydroxyl groups excluding tert-OH is 1. The molecule has 0 heterocycles. The number of carbonyl (C=O) groups is 1. The van der Waals surface area contributed by atoms with Crippen LogP contribution in [0.5, 0.6) is 0 Å². The highest BCUT2D eigenvalue weighted by Gasteiger charge is 2.73. The van der Waals surface area contributed by atoms with Crippen LogP contribution in [-0.2, 0) is 16.9 Å². The van der Waals surface area contributed by atoms with Gasteiger partial charge in [-0.3, -0.25) is 4.79 Å². The Hall–Kier alpha value is -1.84. The summed E-state index contributed by atoms with van der Waals surface area (Å²) in [6.07, 6.45) is -9.91. The SMILES string of the molecule is O=C(N[C@H]1C[C@H](O)C1)[C@@H]1CC[C@H]2c3ccc(C(F)(C(F)(F)F)C(F)(F)F)cc3CC[C@@H]12. The molecule has 172 valence electrons. The lowest BCUT2D eigenvalue weighted by atomic mass is 9.73. The number of hydrogen-bond acceptors (Lipinski definition) is 2. The van der Waals surface area contributed by atoms with Gasteiger partial charge in [0.05, 0.1) is 6.10 Å². The molecule has 2 fully saturated rings. The van der Waals surface area contributed by atoms with Crippen LogP contribution in [0.1, 0.15) is 54.7 Å². The molecule has 0 saturated heterocycles. The third-order valence-electron chi connectivity index (χ3n) is 7.09. The molecule has 3 aliphatic carbocycles. The standard InChI is InChI=1S/C21H22F7NO2/c22-19(20(23,24)25,21(26,27)28)11-2-4-14-10(7-11)1-3-16-15(14)5-6-17(16)18(31)29-12-8-13(30)9-12/h2,4,7,12-13,15-17,30H,1,3,5-6,8-9H2,(H,29,31)/t12-,13-,15-,16+,17+/m0/s1. The van der Waals surface area contributed by atoms with Gasteiger partial charge < -0.3 is 10.4 Å². The Morgan fingerprint density at radius 2 is 1.61 bits per heavy atom. The lowest BCUT2D eigenvalue weighted by Gasteiger charge is -2.36. The highest BCUT2D eigenvalue weighted by molar-refractivity contribution is 5.80. The van der Waals surface area contributed by atoms with Gasteiger partial charge in [0.15, 0.2) is 0 Å². The molecule has 0 aromatic heterocycles. The fourth-order valence-corrected chi connectivity index (χ4v) is 5.40. The Labute approximate surface area is 174 Å². The molecule has 31 heavy (non-hydrogen) atoms. The van der Waals surface area contributed by atoms with Crippen molar-refractivity contribution in [2.45, 2.75) is 74.6 Å². The number of carbonyl (C=O) groups excluding carboxylic acids is 1. The minimum absolute atomic E-state index is 0.0660. The summed E-state index contributed by atoms with van der Waals surface area (Å²) in [4.78, 5) is 12.6. The highest BCUT2D eigenvalue weighted by atomic mass is 19.4. The fourth-order valence-electron chi connectivity index (χ4n) is 5.40. The molecule has 1 aromatic rings. The van der Waals surface area contributed by atoms with Crippen LogP contribution in [0.3, 0.4) is 0 Å². The zero-order chi connectivity index (χ0) is 22.8. The van der Waals surface area contributed by atoms with E-state index >= 15 is 0 Å². The molecule has 2 N–H and O–H groups in total. The fraction of sp³-hybridized carbons (Fsp3) is 0.667. The second-order valence-corrected chi connectivity index (χ2v) is 8.89. The molecule has 10 heteroatoms. The van der Waals surface area contributed by atoms with Gasteiger partial charge in [-0.25, -0.2) is 4.39 Å². The summed E-state index contributed by atoms with van der Waals surface area (Å²) in [5.41, 5.74) is -6.02. The van der Waals surface area contributed by atoms with E-state index in [0.29, 0.717) is 49.8 Å². The predicted octanol–water partition coefficient (Wildman–Crippen LogP) is 4.67. The number of amides is 1. The van der Waals surface area contributed by atoms with Crippen molar-refractivity contribution < 1.29 is 40.6 Å². The minimum Gasteiger partial charge on any atom is -0.393 e. The first-order valence-electron chi connectivity index (χ1n) is 10.3. The van der Waals surface area contributed by atoms with Crippen molar-refractivity contribution in [1.82, 2.24) is 5.32 Å². The first-order chi connectivity index (χ1) is 14.3. The summed E-state index contributed by atoms with van der Waals surface area (Å²) in [6, 6.07) is 2.36. The number of aliphatic hydroxyl groups is 1. The number of hydrogen-bond donors (Lipinski definition) is 2. The van der Waals surface area contributed by atoms with Crippen LogP contribution in [0.15, 0.2) is 18.2 Å². The first-order valence-corrected chi connectivity index (χ1v) is 10.3. The normalized spacial score (nSPS) is 30.9. The monoisotopic (exact) mass is 453 g/mol. The van der Waals surface area contributed by atoms with Crippen LogP contribution in [0.25, 0.3) is 0 Å². The molecule has 1 amide bonds. The number of fused-ring (bicyclic) bond motifs is 3. The number of halogens is 7. The van der Waals surface area contributed by atoms with Crippen molar-refractivity contribution in [3.63, 3.8) is 0 Å². The van der Waals surface area contributed by atoms with Gasteiger partial charge >= 0.3 is 18.0 Å². The van der Waals surface area contributed by atoms with E-state index in [0.717, 1.165) is 6.07 Å². The molecule has 3 nitrogen and oxygen atoms in total. The Morgan fingerprint density at radius 1 is 0.968 bits per heavy atom. The van der Waals surface area contributed by atoms with Crippen molar-refractivity contribution in [1.29, 1.82) is 0 Å². The van der Waals surface area contributed by atoms with Crippen LogP contribution in [0.4, 0.5) is 30.7 Å².